The Morgan fingerprint density at radius 1 is 0.714 bits per heavy atom. The predicted octanol–water partition coefficient (Wildman–Crippen LogP) is 6.53. The average molecular weight is 494 g/mol. The van der Waals surface area contributed by atoms with Crippen molar-refractivity contribution in [2.24, 2.45) is 0 Å². The van der Waals surface area contributed by atoms with Gasteiger partial charge in [0.2, 0.25) is 5.91 Å². The molecular formula is C30H55NO4. The molecule has 204 valence electrons. The summed E-state index contributed by atoms with van der Waals surface area (Å²) in [5.74, 6) is -0.228. The van der Waals surface area contributed by atoms with Crippen LogP contribution in [0, 0.1) is 0 Å². The maximum atomic E-state index is 12.2. The Hall–Kier alpha value is -1.43. The topological polar surface area (TPSA) is 89.8 Å². The first-order valence-corrected chi connectivity index (χ1v) is 14.3. The highest BCUT2D eigenvalue weighted by molar-refractivity contribution is 5.76. The average Bonchev–Trinajstić information content (AvgIpc) is 2.86. The maximum absolute atomic E-state index is 12.2. The number of carbonyl (C=O) groups excluding carboxylic acids is 1. The molecule has 0 bridgehead atoms. The lowest BCUT2D eigenvalue weighted by Crippen LogP contribution is -2.50. The van der Waals surface area contributed by atoms with Crippen LogP contribution in [0.5, 0.6) is 0 Å². The Morgan fingerprint density at radius 3 is 1.89 bits per heavy atom. The molecule has 0 radical (unpaired) electrons. The van der Waals surface area contributed by atoms with E-state index in [0.29, 0.717) is 19.3 Å². The summed E-state index contributed by atoms with van der Waals surface area (Å²) in [5.41, 5.74) is 0. The smallest absolute Gasteiger partial charge is 0.220 e. The standard InChI is InChI=1S/C30H55NO4/c1-3-5-7-9-11-13-14-15-16-17-19-21-23-25-29(34)31-27(26-32)30(35)28(33)24-22-20-18-12-10-8-6-4-2/h12,15-16,18-19,21,27-28,30,32-33,35H,3-11,13-14,17,20,22-26H2,1-2H3,(H,31,34)/b16-15-,18-12+,21-19-. The molecule has 1 amide bonds. The second-order valence-corrected chi connectivity index (χ2v) is 9.59. The number of hydrogen-bond donors (Lipinski definition) is 4. The minimum Gasteiger partial charge on any atom is -0.394 e. The minimum atomic E-state index is -1.18. The Bertz CT molecular complexity index is 559. The number of carbonyl (C=O) groups is 1. The van der Waals surface area contributed by atoms with Gasteiger partial charge >= 0.3 is 0 Å². The van der Waals surface area contributed by atoms with Crippen molar-refractivity contribution in [3.63, 3.8) is 0 Å². The van der Waals surface area contributed by atoms with Crippen LogP contribution in [0.2, 0.25) is 0 Å². The van der Waals surface area contributed by atoms with Gasteiger partial charge in [0.05, 0.1) is 18.8 Å². The zero-order valence-electron chi connectivity index (χ0n) is 22.7. The lowest BCUT2D eigenvalue weighted by atomic mass is 10.0. The summed E-state index contributed by atoms with van der Waals surface area (Å²) in [6.07, 6.45) is 28.2. The SMILES string of the molecule is CCCCC/C=C/CCCC(O)C(O)C(CO)NC(=O)CC/C=C\C/C=C\CCCCCCCC. The van der Waals surface area contributed by atoms with Gasteiger partial charge in [-0.25, -0.2) is 0 Å². The number of rotatable bonds is 24. The van der Waals surface area contributed by atoms with Gasteiger partial charge in [0, 0.05) is 6.42 Å². The minimum absolute atomic E-state index is 0.228. The number of amides is 1. The van der Waals surface area contributed by atoms with Gasteiger partial charge in [-0.05, 0) is 57.8 Å². The zero-order chi connectivity index (χ0) is 26.0. The maximum Gasteiger partial charge on any atom is 0.220 e. The van der Waals surface area contributed by atoms with E-state index >= 15 is 0 Å². The fourth-order valence-electron chi connectivity index (χ4n) is 3.91. The number of hydrogen-bond acceptors (Lipinski definition) is 4. The molecule has 0 aliphatic rings. The summed E-state index contributed by atoms with van der Waals surface area (Å²) in [6.45, 7) is 4.02. The van der Waals surface area contributed by atoms with Gasteiger partial charge in [-0.3, -0.25) is 4.79 Å². The predicted molar refractivity (Wildman–Crippen MR) is 148 cm³/mol. The third-order valence-corrected chi connectivity index (χ3v) is 6.23. The first-order valence-electron chi connectivity index (χ1n) is 14.3. The van der Waals surface area contributed by atoms with Crippen LogP contribution in [-0.2, 0) is 4.79 Å². The van der Waals surface area contributed by atoms with Gasteiger partial charge in [0.15, 0.2) is 0 Å². The second kappa shape index (κ2) is 25.7. The van der Waals surface area contributed by atoms with Crippen molar-refractivity contribution in [3.05, 3.63) is 36.5 Å². The molecule has 0 spiro atoms. The molecule has 4 N–H and O–H groups in total. The van der Waals surface area contributed by atoms with E-state index in [0.717, 1.165) is 32.1 Å². The van der Waals surface area contributed by atoms with Gasteiger partial charge in [0.25, 0.3) is 0 Å². The molecule has 0 saturated carbocycles. The molecule has 0 aliphatic heterocycles. The third kappa shape index (κ3) is 21.6. The van der Waals surface area contributed by atoms with Gasteiger partial charge in [-0.15, -0.1) is 0 Å². The second-order valence-electron chi connectivity index (χ2n) is 9.59. The lowest BCUT2D eigenvalue weighted by Gasteiger charge is -2.26. The van der Waals surface area contributed by atoms with E-state index in [1.54, 1.807) is 0 Å². The molecule has 0 aromatic heterocycles. The molecule has 0 aromatic carbocycles. The summed E-state index contributed by atoms with van der Waals surface area (Å²) in [4.78, 5) is 12.2. The van der Waals surface area contributed by atoms with Crippen molar-refractivity contribution in [2.45, 2.75) is 141 Å². The Labute approximate surface area is 215 Å². The van der Waals surface area contributed by atoms with Crippen LogP contribution in [0.15, 0.2) is 36.5 Å². The van der Waals surface area contributed by atoms with Crippen LogP contribution in [-0.4, -0.2) is 46.1 Å². The largest absolute Gasteiger partial charge is 0.394 e. The molecule has 3 atom stereocenters. The van der Waals surface area contributed by atoms with E-state index < -0.39 is 24.9 Å². The molecule has 0 rings (SSSR count). The van der Waals surface area contributed by atoms with Crippen LogP contribution in [0.3, 0.4) is 0 Å². The molecule has 5 heteroatoms. The summed E-state index contributed by atoms with van der Waals surface area (Å²) < 4.78 is 0. The molecule has 0 heterocycles. The molecule has 0 aromatic rings. The fraction of sp³-hybridized carbons (Fsp3) is 0.767. The number of aliphatic hydroxyl groups excluding tert-OH is 3. The Kier molecular flexibility index (Phi) is 24.6. The highest BCUT2D eigenvalue weighted by atomic mass is 16.3. The number of aliphatic hydroxyl groups is 3. The molecule has 0 aliphatic carbocycles. The van der Waals surface area contributed by atoms with E-state index in [1.807, 2.05) is 6.08 Å². The Balaban J connectivity index is 3.95. The molecule has 35 heavy (non-hydrogen) atoms. The summed E-state index contributed by atoms with van der Waals surface area (Å²) in [7, 11) is 0. The molecular weight excluding hydrogens is 438 g/mol. The van der Waals surface area contributed by atoms with Gasteiger partial charge < -0.3 is 20.6 Å². The summed E-state index contributed by atoms with van der Waals surface area (Å²) in [6, 6.07) is -0.851. The van der Waals surface area contributed by atoms with Crippen molar-refractivity contribution in [1.29, 1.82) is 0 Å². The van der Waals surface area contributed by atoms with E-state index in [1.165, 1.54) is 57.8 Å². The normalized spacial score (nSPS) is 14.8. The van der Waals surface area contributed by atoms with Gasteiger partial charge in [-0.2, -0.15) is 0 Å². The van der Waals surface area contributed by atoms with Crippen LogP contribution in [0.1, 0.15) is 123 Å². The van der Waals surface area contributed by atoms with Crippen LogP contribution < -0.4 is 5.32 Å². The van der Waals surface area contributed by atoms with E-state index in [2.05, 4.69) is 49.5 Å². The van der Waals surface area contributed by atoms with Crippen molar-refractivity contribution >= 4 is 5.91 Å². The van der Waals surface area contributed by atoms with E-state index in [9.17, 15) is 20.1 Å². The number of allylic oxidation sites excluding steroid dienone is 6. The van der Waals surface area contributed by atoms with E-state index in [4.69, 9.17) is 0 Å². The fourth-order valence-corrected chi connectivity index (χ4v) is 3.91. The lowest BCUT2D eigenvalue weighted by molar-refractivity contribution is -0.124. The number of unbranched alkanes of at least 4 members (excludes halogenated alkanes) is 10. The first kappa shape index (κ1) is 33.6. The molecule has 0 saturated heterocycles. The first-order chi connectivity index (χ1) is 17.1. The van der Waals surface area contributed by atoms with Gasteiger partial charge in [0.1, 0.15) is 6.10 Å². The van der Waals surface area contributed by atoms with Crippen LogP contribution >= 0.6 is 0 Å². The Morgan fingerprint density at radius 2 is 1.23 bits per heavy atom. The zero-order valence-corrected chi connectivity index (χ0v) is 22.7. The van der Waals surface area contributed by atoms with E-state index in [-0.39, 0.29) is 5.91 Å². The summed E-state index contributed by atoms with van der Waals surface area (Å²) >= 11 is 0. The highest BCUT2D eigenvalue weighted by Gasteiger charge is 2.26. The van der Waals surface area contributed by atoms with Crippen LogP contribution in [0.4, 0.5) is 0 Å². The highest BCUT2D eigenvalue weighted by Crippen LogP contribution is 2.11. The quantitative estimate of drug-likeness (QED) is 0.0909. The van der Waals surface area contributed by atoms with Crippen molar-refractivity contribution in [2.75, 3.05) is 6.61 Å². The molecule has 3 unspecified atom stereocenters. The molecule has 5 nitrogen and oxygen atoms in total. The molecule has 0 fully saturated rings. The van der Waals surface area contributed by atoms with Crippen molar-refractivity contribution < 1.29 is 20.1 Å². The van der Waals surface area contributed by atoms with Crippen molar-refractivity contribution in [3.8, 4) is 0 Å². The summed E-state index contributed by atoms with van der Waals surface area (Å²) in [5, 5.41) is 32.8. The van der Waals surface area contributed by atoms with Crippen molar-refractivity contribution in [1.82, 2.24) is 5.32 Å². The van der Waals surface area contributed by atoms with Crippen LogP contribution in [0.25, 0.3) is 0 Å². The van der Waals surface area contributed by atoms with Gasteiger partial charge in [-0.1, -0.05) is 95.2 Å². The monoisotopic (exact) mass is 493 g/mol. The third-order valence-electron chi connectivity index (χ3n) is 6.23. The number of nitrogens with one attached hydrogen (secondary N) is 1.